The van der Waals surface area contributed by atoms with Crippen LogP contribution in [0.1, 0.15) is 17.3 Å². The molecule has 1 aromatic rings. The molecule has 0 atom stereocenters. The number of rotatable bonds is 5. The van der Waals surface area contributed by atoms with E-state index in [1.165, 1.54) is 27.4 Å². The lowest BCUT2D eigenvalue weighted by atomic mass is 10.1. The lowest BCUT2D eigenvalue weighted by Crippen LogP contribution is -2.08. The van der Waals surface area contributed by atoms with Crippen LogP contribution in [0, 0.1) is 0 Å². The van der Waals surface area contributed by atoms with Crippen molar-refractivity contribution < 1.29 is 23.7 Å². The average molecular weight is 275 g/mol. The molecule has 0 saturated heterocycles. The molecule has 0 N–H and O–H groups in total. The van der Waals surface area contributed by atoms with Gasteiger partial charge in [0.05, 0.1) is 33.0 Å². The molecule has 0 aliphatic rings. The summed E-state index contributed by atoms with van der Waals surface area (Å²) >= 11 is 6.02. The van der Waals surface area contributed by atoms with Crippen LogP contribution in [0.3, 0.4) is 0 Å². The predicted octanol–water partition coefficient (Wildman–Crippen LogP) is 2.54. The first-order valence-electron chi connectivity index (χ1n) is 5.26. The van der Waals surface area contributed by atoms with E-state index in [4.69, 9.17) is 30.5 Å². The number of halogens is 1. The fourth-order valence-electron chi connectivity index (χ4n) is 1.53. The molecule has 1 rings (SSSR count). The molecule has 0 amide bonds. The number of esters is 1. The largest absolute Gasteiger partial charge is 0.492 e. The van der Waals surface area contributed by atoms with Crippen molar-refractivity contribution in [3.05, 3.63) is 16.7 Å². The third kappa shape index (κ3) is 2.61. The number of carbonyl (C=O) groups is 1. The molecule has 100 valence electrons. The highest BCUT2D eigenvalue weighted by Crippen LogP contribution is 2.45. The van der Waals surface area contributed by atoms with Gasteiger partial charge in [-0.05, 0) is 13.0 Å². The molecule has 0 unspecified atom stereocenters. The van der Waals surface area contributed by atoms with Crippen molar-refractivity contribution in [3.63, 3.8) is 0 Å². The minimum absolute atomic E-state index is 0.196. The van der Waals surface area contributed by atoms with Gasteiger partial charge in [0.1, 0.15) is 5.56 Å². The minimum atomic E-state index is -0.530. The van der Waals surface area contributed by atoms with Gasteiger partial charge in [0.15, 0.2) is 11.5 Å². The van der Waals surface area contributed by atoms with Crippen molar-refractivity contribution in [2.24, 2.45) is 0 Å². The molecule has 5 nitrogen and oxygen atoms in total. The average Bonchev–Trinajstić information content (AvgIpc) is 2.37. The van der Waals surface area contributed by atoms with E-state index in [0.717, 1.165) is 0 Å². The van der Waals surface area contributed by atoms with Crippen LogP contribution in [0.4, 0.5) is 0 Å². The highest BCUT2D eigenvalue weighted by molar-refractivity contribution is 6.32. The summed E-state index contributed by atoms with van der Waals surface area (Å²) in [6.07, 6.45) is 0. The van der Waals surface area contributed by atoms with E-state index in [2.05, 4.69) is 0 Å². The van der Waals surface area contributed by atoms with Gasteiger partial charge in [0.2, 0.25) is 5.75 Å². The SMILES string of the molecule is CCOC(=O)c1cc(Cl)c(OC)c(OC)c1OC. The van der Waals surface area contributed by atoms with Crippen molar-refractivity contribution in [2.75, 3.05) is 27.9 Å². The maximum absolute atomic E-state index is 11.8. The first-order valence-corrected chi connectivity index (χ1v) is 5.64. The second kappa shape index (κ2) is 6.35. The molecular formula is C12H15ClO5. The molecule has 0 bridgehead atoms. The van der Waals surface area contributed by atoms with Crippen LogP contribution in [0.5, 0.6) is 17.2 Å². The van der Waals surface area contributed by atoms with E-state index in [0.29, 0.717) is 5.75 Å². The first kappa shape index (κ1) is 14.4. The molecule has 1 aromatic carbocycles. The van der Waals surface area contributed by atoms with Crippen LogP contribution in [0.15, 0.2) is 6.07 Å². The second-order valence-corrected chi connectivity index (χ2v) is 3.63. The van der Waals surface area contributed by atoms with E-state index < -0.39 is 5.97 Å². The molecule has 18 heavy (non-hydrogen) atoms. The number of ether oxygens (including phenoxy) is 4. The Bertz CT molecular complexity index is 445. The lowest BCUT2D eigenvalue weighted by molar-refractivity contribution is 0.0522. The van der Waals surface area contributed by atoms with Crippen LogP contribution in [0.2, 0.25) is 5.02 Å². The number of hydrogen-bond donors (Lipinski definition) is 0. The summed E-state index contributed by atoms with van der Waals surface area (Å²) in [5.41, 5.74) is 0.196. The number of hydrogen-bond acceptors (Lipinski definition) is 5. The molecule has 0 saturated carbocycles. The Balaban J connectivity index is 3.44. The Morgan fingerprint density at radius 2 is 1.67 bits per heavy atom. The summed E-state index contributed by atoms with van der Waals surface area (Å²) in [7, 11) is 4.31. The van der Waals surface area contributed by atoms with Crippen LogP contribution in [-0.4, -0.2) is 33.9 Å². The molecule has 0 aliphatic carbocycles. The van der Waals surface area contributed by atoms with Crippen molar-refractivity contribution in [3.8, 4) is 17.2 Å². The van der Waals surface area contributed by atoms with Gasteiger partial charge in [0, 0.05) is 0 Å². The maximum Gasteiger partial charge on any atom is 0.342 e. The lowest BCUT2D eigenvalue weighted by Gasteiger charge is -2.16. The normalized spacial score (nSPS) is 9.83. The Labute approximate surface area is 111 Å². The van der Waals surface area contributed by atoms with Gasteiger partial charge in [-0.2, -0.15) is 0 Å². The zero-order valence-corrected chi connectivity index (χ0v) is 11.5. The monoisotopic (exact) mass is 274 g/mol. The van der Waals surface area contributed by atoms with E-state index >= 15 is 0 Å². The Morgan fingerprint density at radius 1 is 1.11 bits per heavy atom. The molecule has 0 aliphatic heterocycles. The summed E-state index contributed by atoms with van der Waals surface area (Å²) < 4.78 is 20.4. The van der Waals surface area contributed by atoms with Gasteiger partial charge < -0.3 is 18.9 Å². The van der Waals surface area contributed by atoms with Crippen LogP contribution < -0.4 is 14.2 Å². The Kier molecular flexibility index (Phi) is 5.09. The molecule has 0 spiro atoms. The standard InChI is InChI=1S/C12H15ClO5/c1-5-18-12(14)7-6-8(13)10(16-3)11(17-4)9(7)15-2/h6H,5H2,1-4H3. The summed E-state index contributed by atoms with van der Waals surface area (Å²) in [5.74, 6) is 0.272. The quantitative estimate of drug-likeness (QED) is 0.773. The minimum Gasteiger partial charge on any atom is -0.492 e. The molecule has 0 heterocycles. The van der Waals surface area contributed by atoms with Gasteiger partial charge >= 0.3 is 5.97 Å². The highest BCUT2D eigenvalue weighted by atomic mass is 35.5. The molecule has 0 aromatic heterocycles. The first-order chi connectivity index (χ1) is 8.60. The zero-order chi connectivity index (χ0) is 13.7. The number of benzene rings is 1. The fourth-order valence-corrected chi connectivity index (χ4v) is 1.80. The van der Waals surface area contributed by atoms with Crippen molar-refractivity contribution >= 4 is 17.6 Å². The summed E-state index contributed by atoms with van der Waals surface area (Å²) in [6.45, 7) is 1.97. The smallest absolute Gasteiger partial charge is 0.342 e. The predicted molar refractivity (Wildman–Crippen MR) is 67.1 cm³/mol. The molecular weight excluding hydrogens is 260 g/mol. The zero-order valence-electron chi connectivity index (χ0n) is 10.7. The highest BCUT2D eigenvalue weighted by Gasteiger charge is 2.24. The molecule has 6 heteroatoms. The van der Waals surface area contributed by atoms with Gasteiger partial charge in [-0.3, -0.25) is 0 Å². The molecule has 0 fully saturated rings. The summed E-state index contributed by atoms with van der Waals surface area (Å²) in [5, 5.41) is 0.248. The van der Waals surface area contributed by atoms with Crippen LogP contribution in [0.25, 0.3) is 0 Å². The Hall–Kier alpha value is -1.62. The van der Waals surface area contributed by atoms with Crippen molar-refractivity contribution in [2.45, 2.75) is 6.92 Å². The van der Waals surface area contributed by atoms with Gasteiger partial charge in [-0.15, -0.1) is 0 Å². The van der Waals surface area contributed by atoms with E-state index in [1.54, 1.807) is 6.92 Å². The topological polar surface area (TPSA) is 54.0 Å². The second-order valence-electron chi connectivity index (χ2n) is 3.23. The number of methoxy groups -OCH3 is 3. The van der Waals surface area contributed by atoms with Crippen molar-refractivity contribution in [1.29, 1.82) is 0 Å². The van der Waals surface area contributed by atoms with Gasteiger partial charge in [-0.1, -0.05) is 11.6 Å². The summed E-state index contributed by atoms with van der Waals surface area (Å²) in [4.78, 5) is 11.8. The fraction of sp³-hybridized carbons (Fsp3) is 0.417. The van der Waals surface area contributed by atoms with E-state index in [-0.39, 0.29) is 28.7 Å². The van der Waals surface area contributed by atoms with E-state index in [9.17, 15) is 4.79 Å². The van der Waals surface area contributed by atoms with Crippen LogP contribution in [-0.2, 0) is 4.74 Å². The van der Waals surface area contributed by atoms with Crippen LogP contribution >= 0.6 is 11.6 Å². The Morgan fingerprint density at radius 3 is 2.11 bits per heavy atom. The van der Waals surface area contributed by atoms with Gasteiger partial charge in [0.25, 0.3) is 0 Å². The third-order valence-electron chi connectivity index (χ3n) is 2.25. The summed E-state index contributed by atoms with van der Waals surface area (Å²) in [6, 6.07) is 1.43. The van der Waals surface area contributed by atoms with Gasteiger partial charge in [-0.25, -0.2) is 4.79 Å². The maximum atomic E-state index is 11.8. The van der Waals surface area contributed by atoms with Crippen molar-refractivity contribution in [1.82, 2.24) is 0 Å². The molecule has 0 radical (unpaired) electrons. The third-order valence-corrected chi connectivity index (χ3v) is 2.53. The number of carbonyl (C=O) groups excluding carboxylic acids is 1. The van der Waals surface area contributed by atoms with E-state index in [1.807, 2.05) is 0 Å².